The Morgan fingerprint density at radius 2 is 2.19 bits per heavy atom. The zero-order valence-electron chi connectivity index (χ0n) is 11.9. The number of nitrogens with one attached hydrogen (secondary N) is 1. The summed E-state index contributed by atoms with van der Waals surface area (Å²) in [7, 11) is 0. The number of thiophene rings is 1. The second-order valence-corrected chi connectivity index (χ2v) is 6.82. The summed E-state index contributed by atoms with van der Waals surface area (Å²) < 4.78 is 0. The molecule has 1 aliphatic heterocycles. The van der Waals surface area contributed by atoms with E-state index in [1.807, 2.05) is 0 Å². The maximum absolute atomic E-state index is 12.4. The molecule has 2 amide bonds. The molecule has 1 aromatic rings. The van der Waals surface area contributed by atoms with Gasteiger partial charge in [-0.3, -0.25) is 4.79 Å². The number of hydrogen-bond acceptors (Lipinski definition) is 3. The van der Waals surface area contributed by atoms with Gasteiger partial charge in [-0.1, -0.05) is 0 Å². The molecular formula is C15H20N2O3S. The van der Waals surface area contributed by atoms with Crippen LogP contribution >= 0.6 is 11.3 Å². The quantitative estimate of drug-likeness (QED) is 0.882. The molecule has 2 heterocycles. The third-order valence-electron chi connectivity index (χ3n) is 4.41. The molecular weight excluding hydrogens is 288 g/mol. The maximum Gasteiger partial charge on any atom is 0.317 e. The van der Waals surface area contributed by atoms with Crippen LogP contribution < -0.4 is 5.32 Å². The monoisotopic (exact) mass is 308 g/mol. The molecule has 0 bridgehead atoms. The van der Waals surface area contributed by atoms with E-state index >= 15 is 0 Å². The second kappa shape index (κ2) is 6.05. The van der Waals surface area contributed by atoms with E-state index in [1.54, 1.807) is 16.2 Å². The standard InChI is InChI=1S/C15H20N2O3S/c18-14(19)10-3-2-7-17(9-10)15(20)16-12-4-1-5-13-11(12)6-8-21-13/h6,8,10,12H,1-5,7,9H2,(H,16,20)(H,18,19)/t10-,12?/m0/s1. The molecule has 0 saturated carbocycles. The third kappa shape index (κ3) is 3.05. The number of carbonyl (C=O) groups is 2. The molecule has 21 heavy (non-hydrogen) atoms. The zero-order chi connectivity index (χ0) is 14.8. The van der Waals surface area contributed by atoms with Crippen molar-refractivity contribution in [2.45, 2.75) is 38.1 Å². The molecule has 1 saturated heterocycles. The van der Waals surface area contributed by atoms with Gasteiger partial charge >= 0.3 is 12.0 Å². The van der Waals surface area contributed by atoms with E-state index in [9.17, 15) is 9.59 Å². The van der Waals surface area contributed by atoms with Gasteiger partial charge in [0.25, 0.3) is 0 Å². The Hall–Kier alpha value is -1.56. The van der Waals surface area contributed by atoms with Crippen LogP contribution in [0.25, 0.3) is 0 Å². The molecule has 114 valence electrons. The van der Waals surface area contributed by atoms with Crippen LogP contribution in [-0.4, -0.2) is 35.1 Å². The Kier molecular flexibility index (Phi) is 4.14. The number of rotatable bonds is 2. The molecule has 1 unspecified atom stereocenters. The number of aliphatic carboxylic acids is 1. The van der Waals surface area contributed by atoms with Crippen LogP contribution in [0.15, 0.2) is 11.4 Å². The smallest absolute Gasteiger partial charge is 0.317 e. The topological polar surface area (TPSA) is 69.6 Å². The van der Waals surface area contributed by atoms with Crippen molar-refractivity contribution in [1.29, 1.82) is 0 Å². The van der Waals surface area contributed by atoms with Gasteiger partial charge in [0.2, 0.25) is 0 Å². The SMILES string of the molecule is O=C(O)[C@H]1CCCN(C(=O)NC2CCCc3sccc32)C1. The third-order valence-corrected chi connectivity index (χ3v) is 5.40. The first kappa shape index (κ1) is 14.4. The summed E-state index contributed by atoms with van der Waals surface area (Å²) in [5.41, 5.74) is 1.24. The highest BCUT2D eigenvalue weighted by molar-refractivity contribution is 7.10. The molecule has 1 fully saturated rings. The minimum Gasteiger partial charge on any atom is -0.481 e. The van der Waals surface area contributed by atoms with Crippen LogP contribution in [0.1, 0.15) is 42.2 Å². The van der Waals surface area contributed by atoms with Gasteiger partial charge < -0.3 is 15.3 Å². The number of nitrogens with zero attached hydrogens (tertiary/aromatic N) is 1. The number of likely N-dealkylation sites (tertiary alicyclic amines) is 1. The van der Waals surface area contributed by atoms with Crippen molar-refractivity contribution in [1.82, 2.24) is 10.2 Å². The van der Waals surface area contributed by atoms with Gasteiger partial charge in [0.05, 0.1) is 12.0 Å². The summed E-state index contributed by atoms with van der Waals surface area (Å²) in [6.45, 7) is 0.975. The zero-order valence-corrected chi connectivity index (χ0v) is 12.7. The lowest BCUT2D eigenvalue weighted by atomic mass is 9.94. The van der Waals surface area contributed by atoms with Gasteiger partial charge in [-0.2, -0.15) is 0 Å². The van der Waals surface area contributed by atoms with Gasteiger partial charge in [-0.25, -0.2) is 4.79 Å². The molecule has 2 aliphatic rings. The molecule has 0 aromatic carbocycles. The number of fused-ring (bicyclic) bond motifs is 1. The molecule has 2 atom stereocenters. The number of carboxylic acids is 1. The van der Waals surface area contributed by atoms with Crippen LogP contribution in [0.4, 0.5) is 4.79 Å². The fourth-order valence-electron chi connectivity index (χ4n) is 3.24. The van der Waals surface area contributed by atoms with Crippen LogP contribution in [0.2, 0.25) is 0 Å². The van der Waals surface area contributed by atoms with Crippen molar-refractivity contribution in [2.24, 2.45) is 5.92 Å². The first-order chi connectivity index (χ1) is 10.1. The average Bonchev–Trinajstić information content (AvgIpc) is 2.97. The summed E-state index contributed by atoms with van der Waals surface area (Å²) in [5.74, 6) is -1.22. The molecule has 0 radical (unpaired) electrons. The predicted octanol–water partition coefficient (Wildman–Crippen LogP) is 2.63. The molecule has 5 nitrogen and oxygen atoms in total. The lowest BCUT2D eigenvalue weighted by molar-refractivity contribution is -0.143. The van der Waals surface area contributed by atoms with Crippen LogP contribution in [0.3, 0.4) is 0 Å². The van der Waals surface area contributed by atoms with E-state index in [4.69, 9.17) is 5.11 Å². The molecule has 2 N–H and O–H groups in total. The Balaban J connectivity index is 1.63. The minimum atomic E-state index is -0.801. The average molecular weight is 308 g/mol. The summed E-state index contributed by atoms with van der Waals surface area (Å²) in [4.78, 5) is 26.5. The van der Waals surface area contributed by atoms with Gasteiger partial charge in [0.1, 0.15) is 0 Å². The fourth-order valence-corrected chi connectivity index (χ4v) is 4.23. The number of carbonyl (C=O) groups excluding carboxylic acids is 1. The molecule has 6 heteroatoms. The number of aryl methyl sites for hydroxylation is 1. The highest BCUT2D eigenvalue weighted by atomic mass is 32.1. The number of urea groups is 1. The van der Waals surface area contributed by atoms with Crippen molar-refractivity contribution in [2.75, 3.05) is 13.1 Å². The van der Waals surface area contributed by atoms with E-state index in [-0.39, 0.29) is 12.1 Å². The normalized spacial score (nSPS) is 25.2. The number of amides is 2. The Morgan fingerprint density at radius 3 is 3.00 bits per heavy atom. The van der Waals surface area contributed by atoms with Crippen LogP contribution in [-0.2, 0) is 11.2 Å². The second-order valence-electron chi connectivity index (χ2n) is 5.82. The van der Waals surface area contributed by atoms with Crippen molar-refractivity contribution in [3.63, 3.8) is 0 Å². The van der Waals surface area contributed by atoms with E-state index in [1.165, 1.54) is 10.4 Å². The number of piperidine rings is 1. The van der Waals surface area contributed by atoms with E-state index < -0.39 is 11.9 Å². The number of carboxylic acid groups (broad SMARTS) is 1. The molecule has 0 spiro atoms. The summed E-state index contributed by atoms with van der Waals surface area (Å²) in [6, 6.07) is 2.06. The maximum atomic E-state index is 12.4. The minimum absolute atomic E-state index is 0.0812. The lowest BCUT2D eigenvalue weighted by Crippen LogP contribution is -2.48. The lowest BCUT2D eigenvalue weighted by Gasteiger charge is -2.33. The molecule has 1 aliphatic carbocycles. The fraction of sp³-hybridized carbons (Fsp3) is 0.600. The first-order valence-corrected chi connectivity index (χ1v) is 8.37. The van der Waals surface area contributed by atoms with Gasteiger partial charge in [0, 0.05) is 18.0 Å². The van der Waals surface area contributed by atoms with Gasteiger partial charge in [-0.05, 0) is 49.1 Å². The van der Waals surface area contributed by atoms with Crippen LogP contribution in [0.5, 0.6) is 0 Å². The summed E-state index contributed by atoms with van der Waals surface area (Å²) in [5, 5.41) is 14.3. The van der Waals surface area contributed by atoms with Crippen molar-refractivity contribution < 1.29 is 14.7 Å². The Labute approximate surface area is 128 Å². The molecule has 3 rings (SSSR count). The van der Waals surface area contributed by atoms with Crippen molar-refractivity contribution >= 4 is 23.3 Å². The van der Waals surface area contributed by atoms with E-state index in [2.05, 4.69) is 16.8 Å². The Bertz CT molecular complexity index is 543. The molecule has 1 aromatic heterocycles. The summed E-state index contributed by atoms with van der Waals surface area (Å²) in [6.07, 6.45) is 4.59. The van der Waals surface area contributed by atoms with E-state index in [0.29, 0.717) is 19.5 Å². The number of hydrogen-bond donors (Lipinski definition) is 2. The van der Waals surface area contributed by atoms with Crippen molar-refractivity contribution in [3.8, 4) is 0 Å². The van der Waals surface area contributed by atoms with Gasteiger partial charge in [0.15, 0.2) is 0 Å². The van der Waals surface area contributed by atoms with Gasteiger partial charge in [-0.15, -0.1) is 11.3 Å². The summed E-state index contributed by atoms with van der Waals surface area (Å²) >= 11 is 1.75. The van der Waals surface area contributed by atoms with Crippen LogP contribution in [0, 0.1) is 5.92 Å². The first-order valence-electron chi connectivity index (χ1n) is 7.49. The highest BCUT2D eigenvalue weighted by Gasteiger charge is 2.30. The van der Waals surface area contributed by atoms with Crippen molar-refractivity contribution in [3.05, 3.63) is 21.9 Å². The Morgan fingerprint density at radius 1 is 1.33 bits per heavy atom. The highest BCUT2D eigenvalue weighted by Crippen LogP contribution is 2.33. The largest absolute Gasteiger partial charge is 0.481 e. The van der Waals surface area contributed by atoms with E-state index in [0.717, 1.165) is 25.7 Å². The predicted molar refractivity (Wildman–Crippen MR) is 80.5 cm³/mol.